The summed E-state index contributed by atoms with van der Waals surface area (Å²) in [6, 6.07) is 0. The summed E-state index contributed by atoms with van der Waals surface area (Å²) < 4.78 is 13.3. The van der Waals surface area contributed by atoms with Crippen LogP contribution in [-0.4, -0.2) is 9.97 Å². The van der Waals surface area contributed by atoms with Crippen molar-refractivity contribution in [2.45, 2.75) is 26.7 Å². The van der Waals surface area contributed by atoms with Crippen molar-refractivity contribution in [3.05, 3.63) is 21.9 Å². The Hall–Kier alpha value is -0.510. The van der Waals surface area contributed by atoms with Gasteiger partial charge in [0.1, 0.15) is 4.60 Å². The van der Waals surface area contributed by atoms with Crippen LogP contribution < -0.4 is 0 Å². The molecular weight excluding hydrogens is 223 g/mol. The number of rotatable bonds is 1. The fraction of sp³-hybridized carbons (Fsp3) is 0.500. The molecule has 0 aliphatic heterocycles. The van der Waals surface area contributed by atoms with Crippen LogP contribution in [-0.2, 0) is 0 Å². The van der Waals surface area contributed by atoms with Crippen molar-refractivity contribution in [3.63, 3.8) is 0 Å². The predicted molar refractivity (Wildman–Crippen MR) is 48.5 cm³/mol. The molecule has 1 rings (SSSR count). The van der Waals surface area contributed by atoms with Gasteiger partial charge in [-0.2, -0.15) is 9.37 Å². The summed E-state index contributed by atoms with van der Waals surface area (Å²) in [6.45, 7) is 5.82. The van der Waals surface area contributed by atoms with E-state index in [1.165, 1.54) is 0 Å². The van der Waals surface area contributed by atoms with E-state index in [1.54, 1.807) is 0 Å². The molecule has 2 nitrogen and oxygen atoms in total. The van der Waals surface area contributed by atoms with Gasteiger partial charge < -0.3 is 0 Å². The average Bonchev–Trinajstić information content (AvgIpc) is 1.96. The van der Waals surface area contributed by atoms with Gasteiger partial charge in [0, 0.05) is 5.56 Å². The molecule has 0 bridgehead atoms. The van der Waals surface area contributed by atoms with Gasteiger partial charge in [-0.25, -0.2) is 4.98 Å². The third-order valence-electron chi connectivity index (χ3n) is 1.64. The first kappa shape index (κ1) is 9.58. The van der Waals surface area contributed by atoms with Crippen LogP contribution in [0.4, 0.5) is 4.39 Å². The van der Waals surface area contributed by atoms with Gasteiger partial charge in [-0.15, -0.1) is 0 Å². The topological polar surface area (TPSA) is 25.8 Å². The number of hydrogen-bond donors (Lipinski definition) is 0. The van der Waals surface area contributed by atoms with Crippen molar-refractivity contribution in [2.75, 3.05) is 0 Å². The zero-order valence-electron chi connectivity index (χ0n) is 7.23. The molecule has 0 atom stereocenters. The fourth-order valence-corrected chi connectivity index (χ4v) is 1.39. The monoisotopic (exact) mass is 232 g/mol. The molecule has 0 saturated carbocycles. The lowest BCUT2D eigenvalue weighted by molar-refractivity contribution is 0.522. The third-order valence-corrected chi connectivity index (χ3v) is 2.42. The van der Waals surface area contributed by atoms with Gasteiger partial charge in [0.25, 0.3) is 0 Å². The largest absolute Gasteiger partial charge is 0.309 e. The Bertz CT molecular complexity index is 299. The molecular formula is C8H10BrFN2. The summed E-state index contributed by atoms with van der Waals surface area (Å²) in [7, 11) is 0. The Morgan fingerprint density at radius 3 is 2.42 bits per heavy atom. The van der Waals surface area contributed by atoms with E-state index in [2.05, 4.69) is 25.9 Å². The smallest absolute Gasteiger partial charge is 0.207 e. The van der Waals surface area contributed by atoms with Gasteiger partial charge in [-0.3, -0.25) is 0 Å². The van der Waals surface area contributed by atoms with Crippen molar-refractivity contribution >= 4 is 15.9 Å². The number of hydrogen-bond acceptors (Lipinski definition) is 2. The quantitative estimate of drug-likeness (QED) is 0.550. The highest BCUT2D eigenvalue weighted by molar-refractivity contribution is 9.10. The molecule has 0 aliphatic rings. The first-order valence-corrected chi connectivity index (χ1v) is 4.51. The zero-order valence-corrected chi connectivity index (χ0v) is 8.81. The van der Waals surface area contributed by atoms with Crippen molar-refractivity contribution in [1.82, 2.24) is 9.97 Å². The molecule has 12 heavy (non-hydrogen) atoms. The highest BCUT2D eigenvalue weighted by Crippen LogP contribution is 2.21. The lowest BCUT2D eigenvalue weighted by Crippen LogP contribution is -2.02. The third kappa shape index (κ3) is 1.80. The minimum Gasteiger partial charge on any atom is -0.207 e. The number of aromatic nitrogens is 2. The van der Waals surface area contributed by atoms with E-state index in [4.69, 9.17) is 0 Å². The van der Waals surface area contributed by atoms with E-state index in [9.17, 15) is 4.39 Å². The molecule has 0 aromatic carbocycles. The van der Waals surface area contributed by atoms with Crippen LogP contribution in [0, 0.1) is 13.0 Å². The normalized spacial score (nSPS) is 10.8. The van der Waals surface area contributed by atoms with Gasteiger partial charge in [-0.05, 0) is 28.8 Å². The number of halogens is 2. The van der Waals surface area contributed by atoms with Gasteiger partial charge in [0.05, 0.1) is 5.69 Å². The molecule has 1 heterocycles. The van der Waals surface area contributed by atoms with Gasteiger partial charge in [0.2, 0.25) is 0 Å². The zero-order chi connectivity index (χ0) is 9.30. The second-order valence-corrected chi connectivity index (χ2v) is 3.70. The van der Waals surface area contributed by atoms with E-state index in [1.807, 2.05) is 20.8 Å². The summed E-state index contributed by atoms with van der Waals surface area (Å²) in [6.07, 6.45) is -0.670. The van der Waals surface area contributed by atoms with Crippen molar-refractivity contribution in [1.29, 1.82) is 0 Å². The van der Waals surface area contributed by atoms with E-state index in [-0.39, 0.29) is 5.92 Å². The van der Waals surface area contributed by atoms with E-state index >= 15 is 0 Å². The SMILES string of the molecule is Cc1c(Br)nc(F)nc1C(C)C. The number of nitrogens with zero attached hydrogens (tertiary/aromatic N) is 2. The predicted octanol–water partition coefficient (Wildman–Crippen LogP) is 2.81. The molecule has 0 fully saturated rings. The molecule has 0 saturated heterocycles. The molecule has 0 amide bonds. The van der Waals surface area contributed by atoms with Crippen LogP contribution >= 0.6 is 15.9 Å². The lowest BCUT2D eigenvalue weighted by Gasteiger charge is -2.08. The summed E-state index contributed by atoms with van der Waals surface area (Å²) in [5.74, 6) is 0.221. The Morgan fingerprint density at radius 2 is 1.92 bits per heavy atom. The molecule has 0 N–H and O–H groups in total. The maximum atomic E-state index is 12.7. The van der Waals surface area contributed by atoms with Gasteiger partial charge in [0.15, 0.2) is 0 Å². The Kier molecular flexibility index (Phi) is 2.77. The van der Waals surface area contributed by atoms with Gasteiger partial charge >= 0.3 is 6.08 Å². The lowest BCUT2D eigenvalue weighted by atomic mass is 10.1. The maximum Gasteiger partial charge on any atom is 0.309 e. The summed E-state index contributed by atoms with van der Waals surface area (Å²) in [4.78, 5) is 7.28. The Labute approximate surface area is 79.4 Å². The highest BCUT2D eigenvalue weighted by atomic mass is 79.9. The van der Waals surface area contributed by atoms with Crippen LogP contribution in [0.3, 0.4) is 0 Å². The van der Waals surface area contributed by atoms with E-state index in [0.717, 1.165) is 11.3 Å². The van der Waals surface area contributed by atoms with Crippen molar-refractivity contribution < 1.29 is 4.39 Å². The highest BCUT2D eigenvalue weighted by Gasteiger charge is 2.11. The minimum atomic E-state index is -0.670. The molecule has 0 aliphatic carbocycles. The molecule has 1 aromatic rings. The minimum absolute atomic E-state index is 0.221. The Balaban J connectivity index is 3.28. The maximum absolute atomic E-state index is 12.7. The second-order valence-electron chi connectivity index (χ2n) is 2.95. The van der Waals surface area contributed by atoms with Crippen LogP contribution in [0.1, 0.15) is 31.0 Å². The molecule has 0 radical (unpaired) electrons. The molecule has 4 heteroatoms. The van der Waals surface area contributed by atoms with E-state index in [0.29, 0.717) is 4.60 Å². The molecule has 0 unspecified atom stereocenters. The van der Waals surface area contributed by atoms with Crippen LogP contribution in [0.5, 0.6) is 0 Å². The fourth-order valence-electron chi connectivity index (χ4n) is 1.04. The second kappa shape index (κ2) is 3.47. The summed E-state index contributed by atoms with van der Waals surface area (Å²) in [5, 5.41) is 0. The summed E-state index contributed by atoms with van der Waals surface area (Å²) >= 11 is 3.17. The molecule has 66 valence electrons. The van der Waals surface area contributed by atoms with Crippen molar-refractivity contribution in [2.24, 2.45) is 0 Å². The first-order chi connectivity index (χ1) is 5.52. The van der Waals surface area contributed by atoms with Crippen LogP contribution in [0.2, 0.25) is 0 Å². The van der Waals surface area contributed by atoms with Crippen LogP contribution in [0.25, 0.3) is 0 Å². The van der Waals surface area contributed by atoms with Crippen molar-refractivity contribution in [3.8, 4) is 0 Å². The van der Waals surface area contributed by atoms with E-state index < -0.39 is 6.08 Å². The average molecular weight is 233 g/mol. The molecule has 1 aromatic heterocycles. The summed E-state index contributed by atoms with van der Waals surface area (Å²) in [5.41, 5.74) is 1.67. The van der Waals surface area contributed by atoms with Crippen LogP contribution in [0.15, 0.2) is 4.60 Å². The standard InChI is InChI=1S/C8H10BrFN2/c1-4(2)6-5(3)7(9)12-8(10)11-6/h4H,1-3H3. The first-order valence-electron chi connectivity index (χ1n) is 3.72. The Morgan fingerprint density at radius 1 is 1.33 bits per heavy atom. The molecule has 0 spiro atoms. The van der Waals surface area contributed by atoms with Gasteiger partial charge in [-0.1, -0.05) is 13.8 Å².